The number of amides is 1. The summed E-state index contributed by atoms with van der Waals surface area (Å²) in [7, 11) is 0. The van der Waals surface area contributed by atoms with Gasteiger partial charge in [0.2, 0.25) is 5.91 Å². The summed E-state index contributed by atoms with van der Waals surface area (Å²) in [6.07, 6.45) is 6.60. The van der Waals surface area contributed by atoms with E-state index >= 15 is 0 Å². The molecule has 0 radical (unpaired) electrons. The average Bonchev–Trinajstić information content (AvgIpc) is 3.14. The summed E-state index contributed by atoms with van der Waals surface area (Å²) in [5, 5.41) is 11.7. The summed E-state index contributed by atoms with van der Waals surface area (Å²) in [4.78, 5) is 15.1. The van der Waals surface area contributed by atoms with Crippen molar-refractivity contribution in [1.82, 2.24) is 25.3 Å². The van der Waals surface area contributed by atoms with Crippen molar-refractivity contribution in [3.63, 3.8) is 0 Å². The first-order valence-electron chi connectivity index (χ1n) is 6.99. The van der Waals surface area contributed by atoms with Crippen molar-refractivity contribution in [3.8, 4) is 0 Å². The molecule has 0 aliphatic carbocycles. The highest BCUT2D eigenvalue weighted by atomic mass is 16.1. The van der Waals surface area contributed by atoms with E-state index in [1.54, 1.807) is 10.9 Å². The van der Waals surface area contributed by atoms with Gasteiger partial charge in [-0.1, -0.05) is 23.4 Å². The Morgan fingerprint density at radius 3 is 3.10 bits per heavy atom. The molecule has 1 amide bonds. The van der Waals surface area contributed by atoms with Crippen LogP contribution >= 0.6 is 0 Å². The van der Waals surface area contributed by atoms with Crippen LogP contribution in [0.4, 0.5) is 0 Å². The Hall–Kier alpha value is -2.63. The number of nitrogens with one attached hydrogen (secondary N) is 2. The van der Waals surface area contributed by atoms with Crippen LogP contribution in [-0.2, 0) is 17.8 Å². The Balaban J connectivity index is 1.48. The lowest BCUT2D eigenvalue weighted by Crippen LogP contribution is -2.26. The van der Waals surface area contributed by atoms with Crippen LogP contribution < -0.4 is 5.32 Å². The maximum atomic E-state index is 12.0. The lowest BCUT2D eigenvalue weighted by Gasteiger charge is -2.04. The number of rotatable bonds is 6. The third-order valence-electron chi connectivity index (χ3n) is 3.38. The number of fused-ring (bicyclic) bond motifs is 1. The van der Waals surface area contributed by atoms with E-state index < -0.39 is 0 Å². The van der Waals surface area contributed by atoms with Crippen LogP contribution in [0.2, 0.25) is 0 Å². The molecule has 0 bridgehead atoms. The number of aryl methyl sites for hydroxylation is 1. The predicted octanol–water partition coefficient (Wildman–Crippen LogP) is 1.51. The van der Waals surface area contributed by atoms with E-state index in [0.29, 0.717) is 13.0 Å². The van der Waals surface area contributed by atoms with Crippen molar-refractivity contribution in [2.45, 2.75) is 19.4 Å². The van der Waals surface area contributed by atoms with Crippen molar-refractivity contribution in [2.24, 2.45) is 0 Å². The van der Waals surface area contributed by atoms with Gasteiger partial charge in [-0.05, 0) is 18.1 Å². The molecular weight excluding hydrogens is 266 g/mol. The second-order valence-corrected chi connectivity index (χ2v) is 4.91. The van der Waals surface area contributed by atoms with E-state index in [9.17, 15) is 4.79 Å². The van der Waals surface area contributed by atoms with Gasteiger partial charge in [0.25, 0.3) is 0 Å². The third kappa shape index (κ3) is 3.28. The number of carbonyl (C=O) groups is 1. The summed E-state index contributed by atoms with van der Waals surface area (Å²) in [5.74, 6) is 0.0401. The van der Waals surface area contributed by atoms with Crippen LogP contribution in [0.1, 0.15) is 12.0 Å². The second kappa shape index (κ2) is 6.21. The van der Waals surface area contributed by atoms with Gasteiger partial charge < -0.3 is 10.3 Å². The van der Waals surface area contributed by atoms with E-state index in [1.807, 2.05) is 36.7 Å². The summed E-state index contributed by atoms with van der Waals surface area (Å²) < 4.78 is 1.76. The molecule has 2 aromatic heterocycles. The molecule has 0 aliphatic heterocycles. The molecule has 21 heavy (non-hydrogen) atoms. The Labute approximate surface area is 122 Å². The third-order valence-corrected chi connectivity index (χ3v) is 3.38. The van der Waals surface area contributed by atoms with Crippen LogP contribution in [0, 0.1) is 0 Å². The van der Waals surface area contributed by atoms with Crippen LogP contribution in [-0.4, -0.2) is 32.4 Å². The van der Waals surface area contributed by atoms with E-state index in [0.717, 1.165) is 29.4 Å². The Bertz CT molecular complexity index is 717. The number of aromatic nitrogens is 4. The van der Waals surface area contributed by atoms with Crippen LogP contribution in [0.15, 0.2) is 42.9 Å². The number of nitrogens with zero attached hydrogens (tertiary/aromatic N) is 3. The van der Waals surface area contributed by atoms with Gasteiger partial charge in [0, 0.05) is 36.4 Å². The Morgan fingerprint density at radius 1 is 1.33 bits per heavy atom. The molecule has 0 spiro atoms. The molecule has 2 heterocycles. The molecule has 0 unspecified atom stereocenters. The van der Waals surface area contributed by atoms with Crippen LogP contribution in [0.3, 0.4) is 0 Å². The largest absolute Gasteiger partial charge is 0.361 e. The monoisotopic (exact) mass is 283 g/mol. The maximum absolute atomic E-state index is 12.0. The van der Waals surface area contributed by atoms with Crippen LogP contribution in [0.25, 0.3) is 10.9 Å². The number of H-pyrrole nitrogens is 1. The highest BCUT2D eigenvalue weighted by Crippen LogP contribution is 2.17. The molecule has 6 heteroatoms. The van der Waals surface area contributed by atoms with Gasteiger partial charge in [-0.25, -0.2) is 0 Å². The Kier molecular flexibility index (Phi) is 3.95. The van der Waals surface area contributed by atoms with Crippen molar-refractivity contribution < 1.29 is 4.79 Å². The molecule has 6 nitrogen and oxygen atoms in total. The van der Waals surface area contributed by atoms with Gasteiger partial charge in [0.1, 0.15) is 0 Å². The molecule has 0 saturated heterocycles. The first-order valence-corrected chi connectivity index (χ1v) is 6.99. The summed E-state index contributed by atoms with van der Waals surface area (Å²) in [6, 6.07) is 8.00. The number of hydrogen-bond acceptors (Lipinski definition) is 3. The fourth-order valence-electron chi connectivity index (χ4n) is 2.33. The molecular formula is C15H17N5O. The minimum absolute atomic E-state index is 0.0401. The molecule has 1 aromatic carbocycles. The number of aromatic amines is 1. The highest BCUT2D eigenvalue weighted by Gasteiger charge is 2.07. The first-order chi connectivity index (χ1) is 10.3. The van der Waals surface area contributed by atoms with Gasteiger partial charge in [0.15, 0.2) is 0 Å². The van der Waals surface area contributed by atoms with Gasteiger partial charge >= 0.3 is 0 Å². The maximum Gasteiger partial charge on any atom is 0.224 e. The summed E-state index contributed by atoms with van der Waals surface area (Å²) >= 11 is 0. The first kappa shape index (κ1) is 13.4. The topological polar surface area (TPSA) is 75.6 Å². The number of carbonyl (C=O) groups excluding carboxylic acids is 1. The van der Waals surface area contributed by atoms with E-state index in [1.165, 1.54) is 0 Å². The normalized spacial score (nSPS) is 10.9. The highest BCUT2D eigenvalue weighted by molar-refractivity contribution is 5.88. The van der Waals surface area contributed by atoms with E-state index in [-0.39, 0.29) is 5.91 Å². The summed E-state index contributed by atoms with van der Waals surface area (Å²) in [5.41, 5.74) is 2.09. The van der Waals surface area contributed by atoms with Gasteiger partial charge in [-0.2, -0.15) is 0 Å². The zero-order valence-electron chi connectivity index (χ0n) is 11.6. The zero-order chi connectivity index (χ0) is 14.5. The lowest BCUT2D eigenvalue weighted by atomic mass is 10.1. The predicted molar refractivity (Wildman–Crippen MR) is 79.7 cm³/mol. The summed E-state index contributed by atoms with van der Waals surface area (Å²) in [6.45, 7) is 1.40. The number of para-hydroxylation sites is 1. The minimum Gasteiger partial charge on any atom is -0.361 e. The average molecular weight is 283 g/mol. The van der Waals surface area contributed by atoms with E-state index in [2.05, 4.69) is 20.6 Å². The fourth-order valence-corrected chi connectivity index (χ4v) is 2.33. The quantitative estimate of drug-likeness (QED) is 0.673. The molecule has 0 atom stereocenters. The van der Waals surface area contributed by atoms with Crippen molar-refractivity contribution in [2.75, 3.05) is 6.54 Å². The number of benzene rings is 1. The second-order valence-electron chi connectivity index (χ2n) is 4.91. The van der Waals surface area contributed by atoms with E-state index in [4.69, 9.17) is 0 Å². The molecule has 108 valence electrons. The minimum atomic E-state index is 0.0401. The lowest BCUT2D eigenvalue weighted by molar-refractivity contribution is -0.120. The van der Waals surface area contributed by atoms with Crippen molar-refractivity contribution in [3.05, 3.63) is 48.4 Å². The fraction of sp³-hybridized carbons (Fsp3) is 0.267. The molecule has 0 aliphatic rings. The Morgan fingerprint density at radius 2 is 2.24 bits per heavy atom. The standard InChI is InChI=1S/C15H17N5O/c21-15(16-6-3-8-20-9-7-18-19-20)10-12-11-17-14-5-2-1-4-13(12)14/h1-2,4-5,7,9,11,17H,3,6,8,10H2,(H,16,21). The van der Waals surface area contributed by atoms with Gasteiger partial charge in [0.05, 0.1) is 12.6 Å². The molecule has 3 rings (SSSR count). The molecule has 2 N–H and O–H groups in total. The van der Waals surface area contributed by atoms with Crippen molar-refractivity contribution >= 4 is 16.8 Å². The molecule has 0 fully saturated rings. The number of hydrogen-bond donors (Lipinski definition) is 2. The smallest absolute Gasteiger partial charge is 0.224 e. The van der Waals surface area contributed by atoms with Crippen molar-refractivity contribution in [1.29, 1.82) is 0 Å². The molecule has 0 saturated carbocycles. The van der Waals surface area contributed by atoms with Gasteiger partial charge in [-0.15, -0.1) is 5.10 Å². The van der Waals surface area contributed by atoms with Gasteiger partial charge in [-0.3, -0.25) is 9.48 Å². The zero-order valence-corrected chi connectivity index (χ0v) is 11.6. The van der Waals surface area contributed by atoms with Crippen LogP contribution in [0.5, 0.6) is 0 Å². The SMILES string of the molecule is O=C(Cc1c[nH]c2ccccc12)NCCCn1ccnn1. The molecule has 3 aromatic rings.